The third-order valence-electron chi connectivity index (χ3n) is 2.49. The lowest BCUT2D eigenvalue weighted by molar-refractivity contribution is 0.569. The second-order valence-electron chi connectivity index (χ2n) is 3.20. The van der Waals surface area contributed by atoms with Gasteiger partial charge in [0.1, 0.15) is 5.94 Å². The van der Waals surface area contributed by atoms with E-state index in [2.05, 4.69) is 4.98 Å². The van der Waals surface area contributed by atoms with Crippen LogP contribution < -0.4 is 0 Å². The topological polar surface area (TPSA) is 34.9 Å². The van der Waals surface area contributed by atoms with Gasteiger partial charge in [-0.15, -0.1) is 0 Å². The molecule has 0 unspecified atom stereocenters. The lowest BCUT2D eigenvalue weighted by Crippen LogP contribution is -1.89. The minimum Gasteiger partial charge on any atom is -0.309 e. The Morgan fingerprint density at radius 2 is 2.29 bits per heavy atom. The summed E-state index contributed by atoms with van der Waals surface area (Å²) in [6, 6.07) is 3.80. The summed E-state index contributed by atoms with van der Waals surface area (Å²) in [5.74, 6) is 1.79. The Bertz CT molecular complexity index is 533. The van der Waals surface area contributed by atoms with Gasteiger partial charge in [0.2, 0.25) is 0 Å². The molecule has 14 heavy (non-hydrogen) atoms. The van der Waals surface area contributed by atoms with Crippen LogP contribution in [0.5, 0.6) is 0 Å². The number of hydrogen-bond donors (Lipinski definition) is 0. The van der Waals surface area contributed by atoms with Gasteiger partial charge in [-0.2, -0.15) is 0 Å². The molecule has 0 aliphatic rings. The second-order valence-corrected chi connectivity index (χ2v) is 3.20. The molecule has 0 aliphatic carbocycles. The molecular formula is C11H10N2O. The van der Waals surface area contributed by atoms with E-state index in [1.165, 1.54) is 6.20 Å². The van der Waals surface area contributed by atoms with Gasteiger partial charge in [0.05, 0.1) is 17.2 Å². The lowest BCUT2D eigenvalue weighted by atomic mass is 10.2. The minimum absolute atomic E-state index is 0.941. The SMILES string of the molecule is Cc1c(C)n(C=C=O)c2cccnc12. The van der Waals surface area contributed by atoms with Crippen LogP contribution in [0.1, 0.15) is 11.3 Å². The Kier molecular flexibility index (Phi) is 1.95. The summed E-state index contributed by atoms with van der Waals surface area (Å²) in [6.07, 6.45) is 3.15. The predicted molar refractivity (Wildman–Crippen MR) is 55.7 cm³/mol. The van der Waals surface area contributed by atoms with Crippen LogP contribution >= 0.6 is 0 Å². The first-order valence-corrected chi connectivity index (χ1v) is 4.39. The molecule has 2 rings (SSSR count). The van der Waals surface area contributed by atoms with E-state index in [-0.39, 0.29) is 0 Å². The Hall–Kier alpha value is -1.86. The first-order chi connectivity index (χ1) is 6.75. The Balaban J connectivity index is 2.94. The smallest absolute Gasteiger partial charge is 0.142 e. The molecule has 2 aromatic rings. The predicted octanol–water partition coefficient (Wildman–Crippen LogP) is 1.96. The number of aryl methyl sites for hydroxylation is 1. The van der Waals surface area contributed by atoms with Gasteiger partial charge >= 0.3 is 0 Å². The summed E-state index contributed by atoms with van der Waals surface area (Å²) in [6.45, 7) is 3.96. The number of nitrogens with zero attached hydrogens (tertiary/aromatic N) is 2. The lowest BCUT2D eigenvalue weighted by Gasteiger charge is -1.96. The molecule has 0 saturated carbocycles. The largest absolute Gasteiger partial charge is 0.309 e. The monoisotopic (exact) mass is 186 g/mol. The third-order valence-corrected chi connectivity index (χ3v) is 2.49. The highest BCUT2D eigenvalue weighted by molar-refractivity contribution is 5.85. The number of aromatic nitrogens is 2. The Labute approximate surface area is 81.7 Å². The van der Waals surface area contributed by atoms with Crippen molar-refractivity contribution in [2.45, 2.75) is 13.8 Å². The van der Waals surface area contributed by atoms with Crippen LogP contribution in [0.2, 0.25) is 0 Å². The van der Waals surface area contributed by atoms with Crippen LogP contribution in [0, 0.1) is 13.8 Å². The zero-order valence-corrected chi connectivity index (χ0v) is 8.11. The maximum Gasteiger partial charge on any atom is 0.142 e. The molecule has 3 heteroatoms. The van der Waals surface area contributed by atoms with Gasteiger partial charge < -0.3 is 4.57 Å². The summed E-state index contributed by atoms with van der Waals surface area (Å²) in [4.78, 5) is 14.6. The highest BCUT2D eigenvalue weighted by Crippen LogP contribution is 2.22. The molecule has 0 aromatic carbocycles. The number of carbonyl (C=O) groups excluding carboxylic acids is 1. The van der Waals surface area contributed by atoms with Crippen LogP contribution in [0.15, 0.2) is 18.3 Å². The van der Waals surface area contributed by atoms with Gasteiger partial charge in [-0.05, 0) is 31.5 Å². The van der Waals surface area contributed by atoms with Crippen molar-refractivity contribution in [1.29, 1.82) is 0 Å². The number of hydrogen-bond acceptors (Lipinski definition) is 2. The van der Waals surface area contributed by atoms with Crippen molar-refractivity contribution in [3.8, 4) is 0 Å². The molecule has 0 saturated heterocycles. The fourth-order valence-corrected chi connectivity index (χ4v) is 1.63. The molecule has 3 nitrogen and oxygen atoms in total. The molecule has 0 radical (unpaired) electrons. The molecule has 0 bridgehead atoms. The average molecular weight is 186 g/mol. The average Bonchev–Trinajstić information content (AvgIpc) is 2.45. The molecule has 2 aromatic heterocycles. The normalized spacial score (nSPS) is 10.1. The summed E-state index contributed by atoms with van der Waals surface area (Å²) < 4.78 is 1.81. The van der Waals surface area contributed by atoms with E-state index in [1.807, 2.05) is 30.5 Å². The second kappa shape index (κ2) is 3.13. The fourth-order valence-electron chi connectivity index (χ4n) is 1.63. The standard InChI is InChI=1S/C11H10N2O/c1-8-9(2)13(6-7-14)10-4-3-5-12-11(8)10/h3-6H,1-2H3. The molecule has 0 atom stereocenters. The van der Waals surface area contributed by atoms with Gasteiger partial charge in [0.25, 0.3) is 0 Å². The summed E-state index contributed by atoms with van der Waals surface area (Å²) >= 11 is 0. The van der Waals surface area contributed by atoms with Crippen molar-refractivity contribution in [2.24, 2.45) is 0 Å². The molecule has 0 N–H and O–H groups in total. The van der Waals surface area contributed by atoms with E-state index in [4.69, 9.17) is 0 Å². The summed E-state index contributed by atoms with van der Waals surface area (Å²) in [5, 5.41) is 0. The van der Waals surface area contributed by atoms with Crippen LogP contribution in [-0.2, 0) is 4.79 Å². The van der Waals surface area contributed by atoms with E-state index < -0.39 is 0 Å². The number of fused-ring (bicyclic) bond motifs is 1. The van der Waals surface area contributed by atoms with Gasteiger partial charge in [-0.3, -0.25) is 4.98 Å². The maximum absolute atomic E-state index is 10.4. The highest BCUT2D eigenvalue weighted by atomic mass is 16.1. The molecular weight excluding hydrogens is 176 g/mol. The molecule has 0 aliphatic heterocycles. The van der Waals surface area contributed by atoms with E-state index in [1.54, 1.807) is 12.1 Å². The fraction of sp³-hybridized carbons (Fsp3) is 0.182. The summed E-state index contributed by atoms with van der Waals surface area (Å²) in [7, 11) is 0. The van der Waals surface area contributed by atoms with Gasteiger partial charge in [-0.25, -0.2) is 4.79 Å². The van der Waals surface area contributed by atoms with Crippen molar-refractivity contribution in [3.05, 3.63) is 29.6 Å². The van der Waals surface area contributed by atoms with Crippen molar-refractivity contribution in [1.82, 2.24) is 9.55 Å². The maximum atomic E-state index is 10.4. The first kappa shape index (κ1) is 8.73. The quantitative estimate of drug-likeness (QED) is 0.638. The highest BCUT2D eigenvalue weighted by Gasteiger charge is 2.08. The summed E-state index contributed by atoms with van der Waals surface area (Å²) in [5.41, 5.74) is 4.02. The number of pyridine rings is 1. The van der Waals surface area contributed by atoms with Gasteiger partial charge in [0, 0.05) is 11.9 Å². The molecule has 2 heterocycles. The van der Waals surface area contributed by atoms with E-state index in [0.717, 1.165) is 22.3 Å². The zero-order valence-electron chi connectivity index (χ0n) is 8.11. The van der Waals surface area contributed by atoms with Crippen molar-refractivity contribution < 1.29 is 4.79 Å². The minimum atomic E-state index is 0.941. The van der Waals surface area contributed by atoms with E-state index >= 15 is 0 Å². The van der Waals surface area contributed by atoms with Crippen molar-refractivity contribution >= 4 is 23.2 Å². The van der Waals surface area contributed by atoms with Crippen molar-refractivity contribution in [2.75, 3.05) is 0 Å². The molecule has 70 valence electrons. The first-order valence-electron chi connectivity index (χ1n) is 4.39. The Morgan fingerprint density at radius 3 is 3.00 bits per heavy atom. The van der Waals surface area contributed by atoms with Crippen LogP contribution in [-0.4, -0.2) is 15.5 Å². The van der Waals surface area contributed by atoms with E-state index in [0.29, 0.717) is 0 Å². The van der Waals surface area contributed by atoms with Crippen molar-refractivity contribution in [3.63, 3.8) is 0 Å². The van der Waals surface area contributed by atoms with E-state index in [9.17, 15) is 4.79 Å². The molecule has 0 fully saturated rings. The molecule has 0 amide bonds. The van der Waals surface area contributed by atoms with Crippen LogP contribution in [0.3, 0.4) is 0 Å². The number of rotatable bonds is 1. The van der Waals surface area contributed by atoms with Gasteiger partial charge in [-0.1, -0.05) is 0 Å². The third kappa shape index (κ3) is 1.07. The van der Waals surface area contributed by atoms with Gasteiger partial charge in [0.15, 0.2) is 0 Å². The Morgan fingerprint density at radius 1 is 1.50 bits per heavy atom. The van der Waals surface area contributed by atoms with Crippen LogP contribution in [0.4, 0.5) is 0 Å². The molecule has 0 spiro atoms. The zero-order chi connectivity index (χ0) is 10.1. The van der Waals surface area contributed by atoms with Crippen LogP contribution in [0.25, 0.3) is 17.2 Å².